The summed E-state index contributed by atoms with van der Waals surface area (Å²) in [6.45, 7) is 2.43. The third-order valence-corrected chi connectivity index (χ3v) is 6.03. The van der Waals surface area contributed by atoms with E-state index in [1.54, 1.807) is 18.2 Å². The highest BCUT2D eigenvalue weighted by molar-refractivity contribution is 8.19. The Bertz CT molecular complexity index is 1140. The van der Waals surface area contributed by atoms with Gasteiger partial charge in [0.25, 0.3) is 11.1 Å². The molecule has 3 aromatic carbocycles. The van der Waals surface area contributed by atoms with Crippen molar-refractivity contribution < 1.29 is 14.3 Å². The van der Waals surface area contributed by atoms with Crippen LogP contribution in [0.3, 0.4) is 0 Å². The van der Waals surface area contributed by atoms with Crippen LogP contribution in [-0.4, -0.2) is 11.1 Å². The summed E-state index contributed by atoms with van der Waals surface area (Å²) in [5.74, 6) is 0.309. The minimum atomic E-state index is -0.327. The summed E-state index contributed by atoms with van der Waals surface area (Å²) < 4.78 is 5.97. The fourth-order valence-corrected chi connectivity index (χ4v) is 4.14. The van der Waals surface area contributed by atoms with Gasteiger partial charge in [-0.3, -0.25) is 9.59 Å². The van der Waals surface area contributed by atoms with Gasteiger partial charge in [-0.05, 0) is 65.7 Å². The molecule has 1 heterocycles. The number of hydrogen-bond acceptors (Lipinski definition) is 4. The topological polar surface area (TPSA) is 46.6 Å². The van der Waals surface area contributed by atoms with E-state index in [0.29, 0.717) is 28.0 Å². The molecular formula is C25H20ClNO3S. The van der Waals surface area contributed by atoms with Gasteiger partial charge in [-0.15, -0.1) is 0 Å². The van der Waals surface area contributed by atoms with Crippen molar-refractivity contribution in [2.45, 2.75) is 20.0 Å². The number of nitrogens with zero attached hydrogens (tertiary/aromatic N) is 1. The van der Waals surface area contributed by atoms with Gasteiger partial charge in [-0.2, -0.15) is 0 Å². The number of benzene rings is 3. The van der Waals surface area contributed by atoms with E-state index < -0.39 is 0 Å². The minimum absolute atomic E-state index is 0.305. The molecule has 1 saturated heterocycles. The lowest BCUT2D eigenvalue weighted by Gasteiger charge is -2.13. The zero-order chi connectivity index (χ0) is 21.8. The van der Waals surface area contributed by atoms with Crippen molar-refractivity contribution in [1.82, 2.24) is 0 Å². The number of carbonyl (C=O) groups is 2. The Kier molecular flexibility index (Phi) is 6.44. The zero-order valence-corrected chi connectivity index (χ0v) is 18.5. The Morgan fingerprint density at radius 1 is 0.935 bits per heavy atom. The van der Waals surface area contributed by atoms with Gasteiger partial charge in [0.2, 0.25) is 0 Å². The SMILES string of the molecule is CCc1ccc(N2C(=O)S/C(=C\c3ccccc3OCc3ccc(Cl)cc3)C2=O)cc1. The molecule has 1 aliphatic heterocycles. The Morgan fingerprint density at radius 3 is 2.32 bits per heavy atom. The van der Waals surface area contributed by atoms with Gasteiger partial charge in [-0.25, -0.2) is 4.90 Å². The van der Waals surface area contributed by atoms with Crippen LogP contribution in [0.25, 0.3) is 6.08 Å². The molecule has 2 amide bonds. The molecule has 0 saturated carbocycles. The molecule has 0 unspecified atom stereocenters. The second-order valence-corrected chi connectivity index (χ2v) is 8.42. The largest absolute Gasteiger partial charge is 0.488 e. The second kappa shape index (κ2) is 9.41. The summed E-state index contributed by atoms with van der Waals surface area (Å²) >= 11 is 6.87. The lowest BCUT2D eigenvalue weighted by Crippen LogP contribution is -2.27. The Morgan fingerprint density at radius 2 is 1.61 bits per heavy atom. The fraction of sp³-hybridized carbons (Fsp3) is 0.120. The van der Waals surface area contributed by atoms with E-state index in [0.717, 1.165) is 34.9 Å². The fourth-order valence-electron chi connectivity index (χ4n) is 3.19. The van der Waals surface area contributed by atoms with Crippen LogP contribution in [0.2, 0.25) is 5.02 Å². The Hall–Kier alpha value is -3.02. The molecule has 31 heavy (non-hydrogen) atoms. The average molecular weight is 450 g/mol. The van der Waals surface area contributed by atoms with E-state index in [1.807, 2.05) is 60.7 Å². The van der Waals surface area contributed by atoms with Crippen LogP contribution in [0.4, 0.5) is 10.5 Å². The molecule has 0 radical (unpaired) electrons. The number of imide groups is 1. The van der Waals surface area contributed by atoms with Gasteiger partial charge in [0.15, 0.2) is 0 Å². The normalized spacial score (nSPS) is 15.0. The van der Waals surface area contributed by atoms with Crippen molar-refractivity contribution in [3.8, 4) is 5.75 Å². The molecule has 0 spiro atoms. The monoisotopic (exact) mass is 449 g/mol. The molecule has 4 nitrogen and oxygen atoms in total. The lowest BCUT2D eigenvalue weighted by atomic mass is 10.1. The van der Waals surface area contributed by atoms with Gasteiger partial charge in [0.1, 0.15) is 12.4 Å². The maximum atomic E-state index is 13.0. The molecule has 0 aliphatic carbocycles. The number of para-hydroxylation sites is 1. The summed E-state index contributed by atoms with van der Waals surface area (Å²) in [7, 11) is 0. The molecule has 0 atom stereocenters. The number of halogens is 1. The molecule has 6 heteroatoms. The standard InChI is InChI=1S/C25H20ClNO3S/c1-2-17-9-13-21(14-10-17)27-24(28)23(31-25(27)29)15-19-5-3-4-6-22(19)30-16-18-7-11-20(26)12-8-18/h3-15H,2,16H2,1H3/b23-15-. The first-order valence-electron chi connectivity index (χ1n) is 9.88. The van der Waals surface area contributed by atoms with Crippen LogP contribution in [0, 0.1) is 0 Å². The number of rotatable bonds is 6. The van der Waals surface area contributed by atoms with Crippen LogP contribution in [0.5, 0.6) is 5.75 Å². The molecule has 4 rings (SSSR count). The summed E-state index contributed by atoms with van der Waals surface area (Å²) in [6.07, 6.45) is 2.61. The van der Waals surface area contributed by atoms with Gasteiger partial charge in [-0.1, -0.05) is 61.0 Å². The number of anilines is 1. The van der Waals surface area contributed by atoms with Gasteiger partial charge < -0.3 is 4.74 Å². The molecule has 0 aromatic heterocycles. The molecule has 0 N–H and O–H groups in total. The first-order valence-corrected chi connectivity index (χ1v) is 11.1. The van der Waals surface area contributed by atoms with Crippen LogP contribution >= 0.6 is 23.4 Å². The van der Waals surface area contributed by atoms with E-state index in [2.05, 4.69) is 6.92 Å². The third-order valence-electron chi connectivity index (χ3n) is 4.91. The van der Waals surface area contributed by atoms with Crippen LogP contribution < -0.4 is 9.64 Å². The summed E-state index contributed by atoms with van der Waals surface area (Å²) in [6, 6.07) is 22.4. The minimum Gasteiger partial charge on any atom is -0.488 e. The Balaban J connectivity index is 1.55. The number of amides is 2. The van der Waals surface area contributed by atoms with Gasteiger partial charge in [0, 0.05) is 10.6 Å². The van der Waals surface area contributed by atoms with Crippen molar-refractivity contribution in [2.24, 2.45) is 0 Å². The number of aryl methyl sites for hydroxylation is 1. The van der Waals surface area contributed by atoms with E-state index in [9.17, 15) is 9.59 Å². The van der Waals surface area contributed by atoms with E-state index in [-0.39, 0.29) is 11.1 Å². The third kappa shape index (κ3) is 4.84. The highest BCUT2D eigenvalue weighted by Crippen LogP contribution is 2.37. The predicted octanol–water partition coefficient (Wildman–Crippen LogP) is 6.72. The summed E-state index contributed by atoms with van der Waals surface area (Å²) in [5, 5.41) is 0.365. The predicted molar refractivity (Wildman–Crippen MR) is 126 cm³/mol. The molecule has 3 aromatic rings. The Labute approximate surface area is 190 Å². The molecule has 0 bridgehead atoms. The molecule has 1 fully saturated rings. The quantitative estimate of drug-likeness (QED) is 0.392. The zero-order valence-electron chi connectivity index (χ0n) is 16.9. The van der Waals surface area contributed by atoms with Crippen molar-refractivity contribution >= 4 is 46.3 Å². The smallest absolute Gasteiger partial charge is 0.298 e. The molecule has 156 valence electrons. The van der Waals surface area contributed by atoms with E-state index in [1.165, 1.54) is 4.90 Å². The van der Waals surface area contributed by atoms with Crippen molar-refractivity contribution in [3.05, 3.63) is 99.4 Å². The van der Waals surface area contributed by atoms with E-state index in [4.69, 9.17) is 16.3 Å². The first kappa shape index (κ1) is 21.2. The van der Waals surface area contributed by atoms with Crippen molar-refractivity contribution in [1.29, 1.82) is 0 Å². The van der Waals surface area contributed by atoms with Crippen molar-refractivity contribution in [2.75, 3.05) is 4.90 Å². The number of carbonyl (C=O) groups excluding carboxylic acids is 2. The highest BCUT2D eigenvalue weighted by atomic mass is 35.5. The maximum absolute atomic E-state index is 13.0. The lowest BCUT2D eigenvalue weighted by molar-refractivity contribution is -0.113. The number of hydrogen-bond donors (Lipinski definition) is 0. The number of ether oxygens (including phenoxy) is 1. The van der Waals surface area contributed by atoms with Crippen molar-refractivity contribution in [3.63, 3.8) is 0 Å². The van der Waals surface area contributed by atoms with Gasteiger partial charge >= 0.3 is 0 Å². The van der Waals surface area contributed by atoms with Crippen LogP contribution in [-0.2, 0) is 17.8 Å². The number of thioether (sulfide) groups is 1. The van der Waals surface area contributed by atoms with E-state index >= 15 is 0 Å². The van der Waals surface area contributed by atoms with Crippen LogP contribution in [0.1, 0.15) is 23.6 Å². The first-order chi connectivity index (χ1) is 15.0. The highest BCUT2D eigenvalue weighted by Gasteiger charge is 2.36. The summed E-state index contributed by atoms with van der Waals surface area (Å²) in [5.41, 5.74) is 3.45. The molecular weight excluding hydrogens is 430 g/mol. The summed E-state index contributed by atoms with van der Waals surface area (Å²) in [4.78, 5) is 27.1. The average Bonchev–Trinajstić information content (AvgIpc) is 3.07. The second-order valence-electron chi connectivity index (χ2n) is 6.99. The van der Waals surface area contributed by atoms with Crippen LogP contribution in [0.15, 0.2) is 77.7 Å². The van der Waals surface area contributed by atoms with Gasteiger partial charge in [0.05, 0.1) is 10.6 Å². The molecule has 1 aliphatic rings. The maximum Gasteiger partial charge on any atom is 0.298 e.